The number of rotatable bonds is 6. The lowest BCUT2D eigenvalue weighted by Gasteiger charge is -2.20. The Morgan fingerprint density at radius 3 is 2.64 bits per heavy atom. The molecule has 0 aliphatic heterocycles. The van der Waals surface area contributed by atoms with Gasteiger partial charge in [0.2, 0.25) is 0 Å². The third-order valence-corrected chi connectivity index (χ3v) is 1.49. The molecule has 0 heterocycles. The Bertz CT molecular complexity index is 94.1. The summed E-state index contributed by atoms with van der Waals surface area (Å²) in [4.78, 5) is 0. The van der Waals surface area contributed by atoms with Crippen molar-refractivity contribution in [3.63, 3.8) is 0 Å². The minimum atomic E-state index is -0.853. The van der Waals surface area contributed by atoms with E-state index in [-0.39, 0.29) is 6.54 Å². The van der Waals surface area contributed by atoms with Crippen LogP contribution >= 0.6 is 0 Å². The Morgan fingerprint density at radius 1 is 1.55 bits per heavy atom. The molecule has 1 atom stereocenters. The SMILES string of the molecule is CCCCOCC(C)(O)CN. The monoisotopic (exact) mass is 161 g/mol. The molecule has 1 unspecified atom stereocenters. The van der Waals surface area contributed by atoms with Crippen LogP contribution in [0.25, 0.3) is 0 Å². The number of ether oxygens (including phenoxy) is 1. The van der Waals surface area contributed by atoms with E-state index in [1.165, 1.54) is 0 Å². The van der Waals surface area contributed by atoms with E-state index >= 15 is 0 Å². The molecule has 0 aromatic rings. The van der Waals surface area contributed by atoms with Crippen LogP contribution in [0, 0.1) is 0 Å². The van der Waals surface area contributed by atoms with Crippen molar-refractivity contribution >= 4 is 0 Å². The molecule has 68 valence electrons. The predicted octanol–water partition coefficient (Wildman–Crippen LogP) is 0.513. The summed E-state index contributed by atoms with van der Waals surface area (Å²) in [5, 5.41) is 9.37. The van der Waals surface area contributed by atoms with E-state index in [0.717, 1.165) is 12.8 Å². The first-order valence-electron chi connectivity index (χ1n) is 4.12. The van der Waals surface area contributed by atoms with Crippen molar-refractivity contribution in [2.75, 3.05) is 19.8 Å². The van der Waals surface area contributed by atoms with Crippen molar-refractivity contribution in [1.82, 2.24) is 0 Å². The maximum Gasteiger partial charge on any atom is 0.0973 e. The Kier molecular flexibility index (Phi) is 5.46. The molecule has 11 heavy (non-hydrogen) atoms. The van der Waals surface area contributed by atoms with E-state index in [0.29, 0.717) is 13.2 Å². The normalized spacial score (nSPS) is 16.4. The van der Waals surface area contributed by atoms with Gasteiger partial charge in [0.25, 0.3) is 0 Å². The number of unbranched alkanes of at least 4 members (excludes halogenated alkanes) is 1. The van der Waals surface area contributed by atoms with Crippen LogP contribution in [0.3, 0.4) is 0 Å². The van der Waals surface area contributed by atoms with Crippen LogP contribution in [-0.2, 0) is 4.74 Å². The molecule has 0 bridgehead atoms. The molecular weight excluding hydrogens is 142 g/mol. The third-order valence-electron chi connectivity index (χ3n) is 1.49. The Balaban J connectivity index is 3.23. The van der Waals surface area contributed by atoms with Gasteiger partial charge in [0, 0.05) is 13.2 Å². The lowest BCUT2D eigenvalue weighted by molar-refractivity contribution is -0.0277. The third kappa shape index (κ3) is 6.28. The maximum atomic E-state index is 9.37. The minimum Gasteiger partial charge on any atom is -0.386 e. The molecule has 0 fully saturated rings. The van der Waals surface area contributed by atoms with Gasteiger partial charge in [-0.25, -0.2) is 0 Å². The van der Waals surface area contributed by atoms with Crippen molar-refractivity contribution < 1.29 is 9.84 Å². The zero-order chi connectivity index (χ0) is 8.74. The first-order valence-corrected chi connectivity index (χ1v) is 4.12. The molecule has 0 aliphatic rings. The Hall–Kier alpha value is -0.120. The van der Waals surface area contributed by atoms with Crippen molar-refractivity contribution in [3.05, 3.63) is 0 Å². The van der Waals surface area contributed by atoms with Gasteiger partial charge >= 0.3 is 0 Å². The second-order valence-electron chi connectivity index (χ2n) is 3.11. The van der Waals surface area contributed by atoms with Crippen LogP contribution < -0.4 is 5.73 Å². The van der Waals surface area contributed by atoms with E-state index in [1.54, 1.807) is 6.92 Å². The molecule has 0 aromatic carbocycles. The standard InChI is InChI=1S/C8H19NO2/c1-3-4-5-11-7-8(2,10)6-9/h10H,3-7,9H2,1-2H3. The Morgan fingerprint density at radius 2 is 2.18 bits per heavy atom. The van der Waals surface area contributed by atoms with E-state index < -0.39 is 5.60 Å². The van der Waals surface area contributed by atoms with E-state index in [1.807, 2.05) is 0 Å². The summed E-state index contributed by atoms with van der Waals surface area (Å²) >= 11 is 0. The minimum absolute atomic E-state index is 0.249. The molecule has 3 heteroatoms. The Labute approximate surface area is 68.5 Å². The largest absolute Gasteiger partial charge is 0.386 e. The molecule has 0 saturated carbocycles. The molecule has 0 spiro atoms. The molecule has 0 aliphatic carbocycles. The summed E-state index contributed by atoms with van der Waals surface area (Å²) in [6.07, 6.45) is 2.16. The highest BCUT2D eigenvalue weighted by molar-refractivity contribution is 4.71. The second kappa shape index (κ2) is 5.52. The van der Waals surface area contributed by atoms with E-state index in [4.69, 9.17) is 10.5 Å². The summed E-state index contributed by atoms with van der Waals surface area (Å²) in [7, 11) is 0. The predicted molar refractivity (Wildman–Crippen MR) is 45.4 cm³/mol. The fraction of sp³-hybridized carbons (Fsp3) is 1.00. The van der Waals surface area contributed by atoms with E-state index in [2.05, 4.69) is 6.92 Å². The molecule has 0 amide bonds. The first-order chi connectivity index (χ1) is 5.12. The summed E-state index contributed by atoms with van der Waals surface area (Å²) < 4.78 is 5.20. The topological polar surface area (TPSA) is 55.5 Å². The highest BCUT2D eigenvalue weighted by Gasteiger charge is 2.17. The molecular formula is C8H19NO2. The van der Waals surface area contributed by atoms with Gasteiger partial charge in [-0.1, -0.05) is 13.3 Å². The highest BCUT2D eigenvalue weighted by Crippen LogP contribution is 2.01. The van der Waals surface area contributed by atoms with Crippen molar-refractivity contribution in [1.29, 1.82) is 0 Å². The van der Waals surface area contributed by atoms with Crippen molar-refractivity contribution in [3.8, 4) is 0 Å². The molecule has 3 N–H and O–H groups in total. The van der Waals surface area contributed by atoms with Gasteiger partial charge in [-0.15, -0.1) is 0 Å². The quantitative estimate of drug-likeness (QED) is 0.558. The fourth-order valence-electron chi connectivity index (χ4n) is 0.597. The summed E-state index contributed by atoms with van der Waals surface area (Å²) in [5.41, 5.74) is 4.44. The molecule has 3 nitrogen and oxygen atoms in total. The second-order valence-corrected chi connectivity index (χ2v) is 3.11. The van der Waals surface area contributed by atoms with Crippen LogP contribution in [0.15, 0.2) is 0 Å². The van der Waals surface area contributed by atoms with Gasteiger partial charge in [0.1, 0.15) is 0 Å². The number of aliphatic hydroxyl groups is 1. The van der Waals surface area contributed by atoms with Crippen LogP contribution in [0.2, 0.25) is 0 Å². The summed E-state index contributed by atoms with van der Waals surface area (Å²) in [5.74, 6) is 0. The average molecular weight is 161 g/mol. The van der Waals surface area contributed by atoms with Crippen LogP contribution in [0.1, 0.15) is 26.7 Å². The number of nitrogens with two attached hydrogens (primary N) is 1. The molecule has 0 saturated heterocycles. The lowest BCUT2D eigenvalue weighted by Crippen LogP contribution is -2.39. The zero-order valence-corrected chi connectivity index (χ0v) is 7.47. The smallest absolute Gasteiger partial charge is 0.0973 e. The number of hydrogen-bond acceptors (Lipinski definition) is 3. The van der Waals surface area contributed by atoms with Crippen LogP contribution in [0.4, 0.5) is 0 Å². The van der Waals surface area contributed by atoms with Crippen LogP contribution in [-0.4, -0.2) is 30.5 Å². The fourth-order valence-corrected chi connectivity index (χ4v) is 0.597. The van der Waals surface area contributed by atoms with E-state index in [9.17, 15) is 5.11 Å². The number of hydrogen-bond donors (Lipinski definition) is 2. The highest BCUT2D eigenvalue weighted by atomic mass is 16.5. The zero-order valence-electron chi connectivity index (χ0n) is 7.47. The van der Waals surface area contributed by atoms with Gasteiger partial charge in [0.05, 0.1) is 12.2 Å². The van der Waals surface area contributed by atoms with Crippen LogP contribution in [0.5, 0.6) is 0 Å². The van der Waals surface area contributed by atoms with Gasteiger partial charge in [-0.2, -0.15) is 0 Å². The maximum absolute atomic E-state index is 9.37. The summed E-state index contributed by atoms with van der Waals surface area (Å²) in [6, 6.07) is 0. The molecule has 0 radical (unpaired) electrons. The van der Waals surface area contributed by atoms with Gasteiger partial charge in [-0.05, 0) is 13.3 Å². The van der Waals surface area contributed by atoms with Crippen molar-refractivity contribution in [2.45, 2.75) is 32.3 Å². The molecule has 0 rings (SSSR count). The van der Waals surface area contributed by atoms with Gasteiger partial charge in [-0.3, -0.25) is 0 Å². The molecule has 0 aromatic heterocycles. The average Bonchev–Trinajstić information content (AvgIpc) is 1.99. The lowest BCUT2D eigenvalue weighted by atomic mass is 10.1. The van der Waals surface area contributed by atoms with Gasteiger partial charge < -0.3 is 15.6 Å². The van der Waals surface area contributed by atoms with Gasteiger partial charge in [0.15, 0.2) is 0 Å². The summed E-state index contributed by atoms with van der Waals surface area (Å²) in [6.45, 7) is 5.08. The first kappa shape index (κ1) is 10.9. The van der Waals surface area contributed by atoms with Crippen molar-refractivity contribution in [2.24, 2.45) is 5.73 Å².